The molecule has 102 valence electrons. The van der Waals surface area contributed by atoms with Crippen LogP contribution in [0.1, 0.15) is 36.0 Å². The molecule has 20 heavy (non-hydrogen) atoms. The van der Waals surface area contributed by atoms with Crippen molar-refractivity contribution in [2.75, 3.05) is 7.11 Å². The summed E-state index contributed by atoms with van der Waals surface area (Å²) in [7, 11) is 1.75. The van der Waals surface area contributed by atoms with Gasteiger partial charge in [-0.15, -0.1) is 0 Å². The largest absolute Gasteiger partial charge is 0.497 e. The van der Waals surface area contributed by atoms with Gasteiger partial charge in [0.25, 0.3) is 0 Å². The Labute approximate surface area is 119 Å². The van der Waals surface area contributed by atoms with Crippen LogP contribution in [0.25, 0.3) is 0 Å². The molecule has 1 aromatic heterocycles. The summed E-state index contributed by atoms with van der Waals surface area (Å²) in [5.74, 6) is 2.39. The van der Waals surface area contributed by atoms with Crippen LogP contribution in [0.2, 0.25) is 0 Å². The van der Waals surface area contributed by atoms with Crippen LogP contribution in [0.5, 0.6) is 5.75 Å². The summed E-state index contributed by atoms with van der Waals surface area (Å²) in [4.78, 5) is 4.16. The molecule has 0 spiro atoms. The first kappa shape index (κ1) is 12.0. The average Bonchev–Trinajstić information content (AvgIpc) is 3.15. The van der Waals surface area contributed by atoms with Crippen molar-refractivity contribution in [1.82, 2.24) is 4.98 Å². The van der Waals surface area contributed by atoms with Crippen molar-refractivity contribution in [1.29, 1.82) is 0 Å². The number of pyridine rings is 1. The normalized spacial score (nSPS) is 30.3. The highest BCUT2D eigenvalue weighted by Crippen LogP contribution is 2.69. The van der Waals surface area contributed by atoms with E-state index in [2.05, 4.69) is 42.2 Å². The Morgan fingerprint density at radius 1 is 1.20 bits per heavy atom. The van der Waals surface area contributed by atoms with Crippen molar-refractivity contribution in [2.45, 2.75) is 31.1 Å². The van der Waals surface area contributed by atoms with E-state index in [9.17, 15) is 0 Å². The smallest absolute Gasteiger partial charge is 0.119 e. The molecule has 2 aromatic rings. The molecule has 1 saturated carbocycles. The summed E-state index contributed by atoms with van der Waals surface area (Å²) in [5.41, 5.74) is 4.71. The van der Waals surface area contributed by atoms with Gasteiger partial charge in [-0.05, 0) is 65.6 Å². The van der Waals surface area contributed by atoms with E-state index in [4.69, 9.17) is 4.74 Å². The van der Waals surface area contributed by atoms with Gasteiger partial charge in [-0.1, -0.05) is 13.0 Å². The summed E-state index contributed by atoms with van der Waals surface area (Å²) >= 11 is 0. The Bertz CT molecular complexity index is 652. The number of methoxy groups -OCH3 is 1. The van der Waals surface area contributed by atoms with Gasteiger partial charge in [-0.2, -0.15) is 0 Å². The number of aryl methyl sites for hydroxylation is 1. The number of nitrogens with zero attached hydrogens (tertiary/aromatic N) is 1. The van der Waals surface area contributed by atoms with Gasteiger partial charge >= 0.3 is 0 Å². The second-order valence-corrected chi connectivity index (χ2v) is 6.21. The first-order valence-electron chi connectivity index (χ1n) is 7.32. The molecule has 4 rings (SSSR count). The maximum Gasteiger partial charge on any atom is 0.119 e. The minimum absolute atomic E-state index is 0.278. The van der Waals surface area contributed by atoms with E-state index in [-0.39, 0.29) is 5.41 Å². The van der Waals surface area contributed by atoms with Gasteiger partial charge in [-0.25, -0.2) is 0 Å². The van der Waals surface area contributed by atoms with Gasteiger partial charge in [-0.3, -0.25) is 4.98 Å². The Kier molecular flexibility index (Phi) is 2.44. The van der Waals surface area contributed by atoms with Crippen LogP contribution in [-0.2, 0) is 11.8 Å². The van der Waals surface area contributed by atoms with E-state index in [1.807, 2.05) is 12.4 Å². The number of rotatable bonds is 2. The number of hydrogen-bond donors (Lipinski definition) is 0. The van der Waals surface area contributed by atoms with Crippen LogP contribution in [-0.4, -0.2) is 12.1 Å². The number of aromatic nitrogens is 1. The van der Waals surface area contributed by atoms with E-state index < -0.39 is 0 Å². The zero-order chi connectivity index (χ0) is 13.7. The third-order valence-corrected chi connectivity index (χ3v) is 5.42. The fourth-order valence-corrected chi connectivity index (χ4v) is 4.24. The maximum atomic E-state index is 5.41. The number of benzene rings is 1. The zero-order valence-corrected chi connectivity index (χ0v) is 12.0. The third kappa shape index (κ3) is 1.48. The highest BCUT2D eigenvalue weighted by Gasteiger charge is 2.63. The molecule has 2 aliphatic rings. The van der Waals surface area contributed by atoms with Crippen LogP contribution < -0.4 is 4.74 Å². The van der Waals surface area contributed by atoms with Crippen LogP contribution in [0, 0.1) is 5.92 Å². The molecule has 2 nitrogen and oxygen atoms in total. The molecule has 2 aliphatic carbocycles. The second kappa shape index (κ2) is 4.08. The molecular weight excluding hydrogens is 246 g/mol. The summed E-state index contributed by atoms with van der Waals surface area (Å²) in [6.45, 7) is 2.41. The van der Waals surface area contributed by atoms with E-state index >= 15 is 0 Å². The van der Waals surface area contributed by atoms with E-state index in [1.54, 1.807) is 7.11 Å². The lowest BCUT2D eigenvalue weighted by molar-refractivity contribution is 0.413. The van der Waals surface area contributed by atoms with Crippen molar-refractivity contribution in [3.8, 4) is 5.75 Å². The molecule has 0 radical (unpaired) electrons. The molecule has 0 N–H and O–H groups in total. The lowest BCUT2D eigenvalue weighted by atomic mass is 9.90. The van der Waals surface area contributed by atoms with Crippen molar-refractivity contribution in [2.24, 2.45) is 5.92 Å². The van der Waals surface area contributed by atoms with E-state index in [0.29, 0.717) is 5.92 Å². The minimum atomic E-state index is 0.278. The number of ether oxygens (including phenoxy) is 1. The Morgan fingerprint density at radius 3 is 2.75 bits per heavy atom. The third-order valence-electron chi connectivity index (χ3n) is 5.42. The van der Waals surface area contributed by atoms with Crippen LogP contribution >= 0.6 is 0 Å². The summed E-state index contributed by atoms with van der Waals surface area (Å²) in [6.07, 6.45) is 6.32. The summed E-state index contributed by atoms with van der Waals surface area (Å²) in [6, 6.07) is 10.9. The highest BCUT2D eigenvalue weighted by molar-refractivity contribution is 5.51. The summed E-state index contributed by atoms with van der Waals surface area (Å²) < 4.78 is 5.41. The van der Waals surface area contributed by atoms with E-state index in [1.165, 1.54) is 29.5 Å². The van der Waals surface area contributed by atoms with Gasteiger partial charge in [0.1, 0.15) is 5.75 Å². The van der Waals surface area contributed by atoms with Crippen molar-refractivity contribution >= 4 is 0 Å². The molecule has 0 amide bonds. The molecule has 3 atom stereocenters. The van der Waals surface area contributed by atoms with Gasteiger partial charge in [0.2, 0.25) is 0 Å². The first-order valence-corrected chi connectivity index (χ1v) is 7.32. The molecule has 2 heteroatoms. The molecule has 1 unspecified atom stereocenters. The molecule has 0 aliphatic heterocycles. The Hall–Kier alpha value is -1.83. The van der Waals surface area contributed by atoms with Crippen molar-refractivity contribution in [3.63, 3.8) is 0 Å². The minimum Gasteiger partial charge on any atom is -0.497 e. The maximum absolute atomic E-state index is 5.41. The zero-order valence-electron chi connectivity index (χ0n) is 12.0. The van der Waals surface area contributed by atoms with Gasteiger partial charge in [0, 0.05) is 17.8 Å². The quantitative estimate of drug-likeness (QED) is 0.826. The van der Waals surface area contributed by atoms with Gasteiger partial charge in [0.15, 0.2) is 0 Å². The first-order chi connectivity index (χ1) is 9.75. The van der Waals surface area contributed by atoms with Crippen LogP contribution in [0.3, 0.4) is 0 Å². The summed E-state index contributed by atoms with van der Waals surface area (Å²) in [5, 5.41) is 0. The topological polar surface area (TPSA) is 22.1 Å². The standard InChI is InChI=1S/C18H19NO/c1-18(13-7-9-19-10-8-13)16-6-4-12-3-5-14(20-2)11-15(12)17(16)18/h3,5,7-11,16-17H,4,6H2,1-2H3/t16-,17+,18?/m0/s1. The number of hydrogen-bond acceptors (Lipinski definition) is 2. The molecule has 1 heterocycles. The van der Waals surface area contributed by atoms with Crippen molar-refractivity contribution in [3.05, 3.63) is 59.4 Å². The fourth-order valence-electron chi connectivity index (χ4n) is 4.24. The molecule has 0 saturated heterocycles. The van der Waals surface area contributed by atoms with Crippen molar-refractivity contribution < 1.29 is 4.74 Å². The lowest BCUT2D eigenvalue weighted by Crippen LogP contribution is -2.05. The van der Waals surface area contributed by atoms with Crippen LogP contribution in [0.4, 0.5) is 0 Å². The van der Waals surface area contributed by atoms with Gasteiger partial charge in [0.05, 0.1) is 7.11 Å². The highest BCUT2D eigenvalue weighted by atomic mass is 16.5. The van der Waals surface area contributed by atoms with E-state index in [0.717, 1.165) is 11.7 Å². The molecule has 0 bridgehead atoms. The number of fused-ring (bicyclic) bond motifs is 3. The fraction of sp³-hybridized carbons (Fsp3) is 0.389. The SMILES string of the molecule is COc1ccc2c(c1)[C@@H]1[C@H](CC2)C1(C)c1ccncc1. The molecule has 1 fully saturated rings. The van der Waals surface area contributed by atoms with Gasteiger partial charge < -0.3 is 4.74 Å². The van der Waals surface area contributed by atoms with Crippen LogP contribution in [0.15, 0.2) is 42.7 Å². The second-order valence-electron chi connectivity index (χ2n) is 6.21. The Morgan fingerprint density at radius 2 is 2.00 bits per heavy atom. The average molecular weight is 265 g/mol. The predicted molar refractivity (Wildman–Crippen MR) is 79.1 cm³/mol. The lowest BCUT2D eigenvalue weighted by Gasteiger charge is -2.16. The molecular formula is C18H19NO. The molecule has 1 aromatic carbocycles. The predicted octanol–water partition coefficient (Wildman–Crippen LogP) is 3.71. The monoisotopic (exact) mass is 265 g/mol. The Balaban J connectivity index is 1.79.